The number of ether oxygens (including phenoxy) is 1. The summed E-state index contributed by atoms with van der Waals surface area (Å²) in [6, 6.07) is 3.96. The number of hydrogen-bond donors (Lipinski definition) is 1. The first-order valence-electron chi connectivity index (χ1n) is 5.67. The standard InChI is InChI=1S/C13H18N2O/c1-9-8-14-5-4-13(9)16-12-6-10(2)15-11(3)7-12/h6-7,14H,4-5,8H2,1-3H3. The van der Waals surface area contributed by atoms with Crippen molar-refractivity contribution in [3.63, 3.8) is 0 Å². The van der Waals surface area contributed by atoms with E-state index in [-0.39, 0.29) is 0 Å². The Balaban J connectivity index is 2.20. The third-order valence-electron chi connectivity index (χ3n) is 2.69. The van der Waals surface area contributed by atoms with Gasteiger partial charge in [0.2, 0.25) is 0 Å². The van der Waals surface area contributed by atoms with Crippen molar-refractivity contribution < 1.29 is 4.74 Å². The molecular formula is C13H18N2O. The number of rotatable bonds is 2. The van der Waals surface area contributed by atoms with Crippen molar-refractivity contribution in [3.8, 4) is 5.75 Å². The van der Waals surface area contributed by atoms with E-state index in [0.29, 0.717) is 0 Å². The van der Waals surface area contributed by atoms with Crippen molar-refractivity contribution in [2.75, 3.05) is 13.1 Å². The van der Waals surface area contributed by atoms with Gasteiger partial charge in [0.05, 0.1) is 0 Å². The lowest BCUT2D eigenvalue weighted by atomic mass is 10.1. The zero-order chi connectivity index (χ0) is 11.5. The Morgan fingerprint density at radius 3 is 2.50 bits per heavy atom. The molecule has 2 rings (SSSR count). The Hall–Kier alpha value is -1.35. The van der Waals surface area contributed by atoms with Gasteiger partial charge in [0.15, 0.2) is 0 Å². The average molecular weight is 218 g/mol. The largest absolute Gasteiger partial charge is 0.462 e. The van der Waals surface area contributed by atoms with Crippen molar-refractivity contribution in [3.05, 3.63) is 34.9 Å². The Morgan fingerprint density at radius 2 is 1.88 bits per heavy atom. The Morgan fingerprint density at radius 1 is 1.19 bits per heavy atom. The van der Waals surface area contributed by atoms with Crippen LogP contribution in [0.15, 0.2) is 23.5 Å². The molecule has 0 fully saturated rings. The summed E-state index contributed by atoms with van der Waals surface area (Å²) in [5.41, 5.74) is 3.29. The van der Waals surface area contributed by atoms with E-state index in [1.54, 1.807) is 0 Å². The van der Waals surface area contributed by atoms with Crippen molar-refractivity contribution >= 4 is 0 Å². The first-order chi connectivity index (χ1) is 7.65. The quantitative estimate of drug-likeness (QED) is 0.827. The maximum atomic E-state index is 5.93. The summed E-state index contributed by atoms with van der Waals surface area (Å²) in [5.74, 6) is 2.00. The van der Waals surface area contributed by atoms with Crippen molar-refractivity contribution in [2.45, 2.75) is 27.2 Å². The summed E-state index contributed by atoms with van der Waals surface area (Å²) in [6.07, 6.45) is 0.965. The molecule has 1 N–H and O–H groups in total. The molecule has 0 saturated heterocycles. The maximum absolute atomic E-state index is 5.93. The third-order valence-corrected chi connectivity index (χ3v) is 2.69. The van der Waals surface area contributed by atoms with Gasteiger partial charge in [0.1, 0.15) is 11.5 Å². The van der Waals surface area contributed by atoms with Crippen LogP contribution in [0.25, 0.3) is 0 Å². The second kappa shape index (κ2) is 4.66. The van der Waals surface area contributed by atoms with Gasteiger partial charge in [-0.15, -0.1) is 0 Å². The minimum absolute atomic E-state index is 0.904. The highest BCUT2D eigenvalue weighted by Crippen LogP contribution is 2.20. The lowest BCUT2D eigenvalue weighted by Crippen LogP contribution is -2.25. The number of nitrogens with one attached hydrogen (secondary N) is 1. The topological polar surface area (TPSA) is 34.1 Å². The van der Waals surface area contributed by atoms with E-state index in [9.17, 15) is 0 Å². The van der Waals surface area contributed by atoms with Crippen LogP contribution in [0.3, 0.4) is 0 Å². The van der Waals surface area contributed by atoms with E-state index in [1.165, 1.54) is 5.57 Å². The van der Waals surface area contributed by atoms with Crippen LogP contribution in [0.1, 0.15) is 24.7 Å². The van der Waals surface area contributed by atoms with Gasteiger partial charge in [0.25, 0.3) is 0 Å². The summed E-state index contributed by atoms with van der Waals surface area (Å²) in [5, 5.41) is 3.32. The molecule has 1 aliphatic rings. The number of nitrogens with zero attached hydrogens (tertiary/aromatic N) is 1. The molecule has 0 aromatic carbocycles. The molecule has 1 aromatic rings. The summed E-state index contributed by atoms with van der Waals surface area (Å²) >= 11 is 0. The summed E-state index contributed by atoms with van der Waals surface area (Å²) < 4.78 is 5.93. The SMILES string of the molecule is CC1=C(Oc2cc(C)nc(C)c2)CCNC1. The van der Waals surface area contributed by atoms with Gasteiger partial charge < -0.3 is 10.1 Å². The van der Waals surface area contributed by atoms with Crippen molar-refractivity contribution in [1.82, 2.24) is 10.3 Å². The van der Waals surface area contributed by atoms with Crippen LogP contribution >= 0.6 is 0 Å². The van der Waals surface area contributed by atoms with Crippen molar-refractivity contribution in [1.29, 1.82) is 0 Å². The highest BCUT2D eigenvalue weighted by atomic mass is 16.5. The molecule has 3 nitrogen and oxygen atoms in total. The summed E-state index contributed by atoms with van der Waals surface area (Å²) in [7, 11) is 0. The fraction of sp³-hybridized carbons (Fsp3) is 0.462. The van der Waals surface area contributed by atoms with Crippen LogP contribution < -0.4 is 10.1 Å². The van der Waals surface area contributed by atoms with E-state index >= 15 is 0 Å². The average Bonchev–Trinajstić information content (AvgIpc) is 2.20. The molecule has 86 valence electrons. The second-order valence-corrected chi connectivity index (χ2v) is 4.32. The zero-order valence-electron chi connectivity index (χ0n) is 10.1. The van der Waals surface area contributed by atoms with Crippen molar-refractivity contribution in [2.24, 2.45) is 0 Å². The lowest BCUT2D eigenvalue weighted by Gasteiger charge is -2.19. The highest BCUT2D eigenvalue weighted by Gasteiger charge is 2.11. The molecule has 1 aliphatic heterocycles. The van der Waals surface area contributed by atoms with Gasteiger partial charge in [-0.3, -0.25) is 4.98 Å². The summed E-state index contributed by atoms with van der Waals surface area (Å²) in [4.78, 5) is 4.34. The molecule has 0 aliphatic carbocycles. The van der Waals surface area contributed by atoms with Crippen LogP contribution in [-0.4, -0.2) is 18.1 Å². The molecule has 16 heavy (non-hydrogen) atoms. The van der Waals surface area contributed by atoms with E-state index in [2.05, 4.69) is 17.2 Å². The molecule has 0 saturated carbocycles. The monoisotopic (exact) mass is 218 g/mol. The van der Waals surface area contributed by atoms with Gasteiger partial charge in [-0.2, -0.15) is 0 Å². The van der Waals surface area contributed by atoms with Crippen LogP contribution in [0.4, 0.5) is 0 Å². The Kier molecular flexibility index (Phi) is 3.25. The van der Waals surface area contributed by atoms with Gasteiger partial charge in [-0.25, -0.2) is 0 Å². The highest BCUT2D eigenvalue weighted by molar-refractivity contribution is 5.29. The van der Waals surface area contributed by atoms with Crippen LogP contribution in [0.2, 0.25) is 0 Å². The van der Waals surface area contributed by atoms with Gasteiger partial charge >= 0.3 is 0 Å². The first kappa shape index (κ1) is 11.1. The minimum atomic E-state index is 0.904. The zero-order valence-corrected chi connectivity index (χ0v) is 10.1. The first-order valence-corrected chi connectivity index (χ1v) is 5.67. The van der Waals surface area contributed by atoms with E-state index in [1.807, 2.05) is 26.0 Å². The molecule has 2 heterocycles. The molecule has 0 spiro atoms. The van der Waals surface area contributed by atoms with Gasteiger partial charge in [-0.1, -0.05) is 0 Å². The smallest absolute Gasteiger partial charge is 0.130 e. The number of aryl methyl sites for hydroxylation is 2. The molecular weight excluding hydrogens is 200 g/mol. The third kappa shape index (κ3) is 2.61. The fourth-order valence-electron chi connectivity index (χ4n) is 1.93. The number of aromatic nitrogens is 1. The normalized spacial score (nSPS) is 16.4. The van der Waals surface area contributed by atoms with E-state index in [4.69, 9.17) is 4.74 Å². The van der Waals surface area contributed by atoms with Gasteiger partial charge in [-0.05, 0) is 26.3 Å². The van der Waals surface area contributed by atoms with E-state index < -0.39 is 0 Å². The van der Waals surface area contributed by atoms with Crippen LogP contribution in [0.5, 0.6) is 5.75 Å². The molecule has 0 unspecified atom stereocenters. The molecule has 0 radical (unpaired) electrons. The Labute approximate surface area is 96.5 Å². The lowest BCUT2D eigenvalue weighted by molar-refractivity contribution is 0.378. The summed E-state index contributed by atoms with van der Waals surface area (Å²) in [6.45, 7) is 8.02. The van der Waals surface area contributed by atoms with Crippen LogP contribution in [-0.2, 0) is 0 Å². The molecule has 1 aromatic heterocycles. The molecule has 0 atom stereocenters. The molecule has 3 heteroatoms. The maximum Gasteiger partial charge on any atom is 0.130 e. The Bertz CT molecular complexity index is 404. The number of hydrogen-bond acceptors (Lipinski definition) is 3. The van der Waals surface area contributed by atoms with Crippen LogP contribution in [0, 0.1) is 13.8 Å². The fourth-order valence-corrected chi connectivity index (χ4v) is 1.93. The molecule has 0 amide bonds. The molecule has 0 bridgehead atoms. The second-order valence-electron chi connectivity index (χ2n) is 4.32. The van der Waals surface area contributed by atoms with Gasteiger partial charge in [0, 0.05) is 43.0 Å². The van der Waals surface area contributed by atoms with E-state index in [0.717, 1.165) is 42.4 Å². The number of pyridine rings is 1. The predicted molar refractivity (Wildman–Crippen MR) is 64.5 cm³/mol. The predicted octanol–water partition coefficient (Wildman–Crippen LogP) is 2.34. The minimum Gasteiger partial charge on any atom is -0.462 e.